The maximum Gasteiger partial charge on any atom is 0.226 e. The first-order valence-corrected chi connectivity index (χ1v) is 10.7. The largest absolute Gasteiger partial charge is 0.497 e. The zero-order valence-corrected chi connectivity index (χ0v) is 17.8. The normalized spacial score (nSPS) is 15.3. The van der Waals surface area contributed by atoms with Crippen LogP contribution in [-0.4, -0.2) is 31.2 Å². The summed E-state index contributed by atoms with van der Waals surface area (Å²) in [5.41, 5.74) is 3.88. The fourth-order valence-electron chi connectivity index (χ4n) is 4.24. The highest BCUT2D eigenvalue weighted by Gasteiger charge is 2.40. The van der Waals surface area contributed by atoms with Crippen LogP contribution in [0, 0.1) is 5.41 Å². The molecule has 0 saturated carbocycles. The third-order valence-corrected chi connectivity index (χ3v) is 6.04. The third kappa shape index (κ3) is 4.94. The van der Waals surface area contributed by atoms with Gasteiger partial charge in [-0.2, -0.15) is 0 Å². The van der Waals surface area contributed by atoms with Gasteiger partial charge in [0.05, 0.1) is 12.5 Å². The first-order chi connectivity index (χ1) is 15.2. The number of carbonyl (C=O) groups excluding carboxylic acids is 1. The molecule has 5 heteroatoms. The minimum Gasteiger partial charge on any atom is -0.497 e. The number of hydrogen-bond acceptors (Lipinski definition) is 4. The Bertz CT molecular complexity index is 1010. The summed E-state index contributed by atoms with van der Waals surface area (Å²) in [5.74, 6) is 0.873. The summed E-state index contributed by atoms with van der Waals surface area (Å²) in [4.78, 5) is 17.8. The maximum absolute atomic E-state index is 13.5. The van der Waals surface area contributed by atoms with E-state index in [1.54, 1.807) is 13.3 Å². The maximum atomic E-state index is 13.5. The van der Waals surface area contributed by atoms with Crippen molar-refractivity contribution >= 4 is 5.91 Å². The average Bonchev–Trinajstić information content (AvgIpc) is 2.84. The number of hydrogen-bond donors (Lipinski definition) is 1. The van der Waals surface area contributed by atoms with Gasteiger partial charge >= 0.3 is 0 Å². The molecule has 0 radical (unpaired) electrons. The van der Waals surface area contributed by atoms with Crippen molar-refractivity contribution in [1.82, 2.24) is 10.3 Å². The zero-order chi connectivity index (χ0) is 21.5. The molecule has 1 amide bonds. The molecule has 1 aliphatic heterocycles. The molecule has 0 bridgehead atoms. The lowest BCUT2D eigenvalue weighted by Crippen LogP contribution is -2.46. The Morgan fingerprint density at radius 1 is 1.10 bits per heavy atom. The van der Waals surface area contributed by atoms with E-state index in [1.807, 2.05) is 48.7 Å². The molecule has 3 aromatic rings. The highest BCUT2D eigenvalue weighted by Crippen LogP contribution is 2.37. The number of carbonyl (C=O) groups is 1. The van der Waals surface area contributed by atoms with Crippen molar-refractivity contribution < 1.29 is 14.3 Å². The minimum absolute atomic E-state index is 0.0830. The molecule has 1 aromatic heterocycles. The van der Waals surface area contributed by atoms with Gasteiger partial charge in [-0.15, -0.1) is 0 Å². The Hall–Kier alpha value is -3.18. The van der Waals surface area contributed by atoms with Gasteiger partial charge in [-0.25, -0.2) is 0 Å². The van der Waals surface area contributed by atoms with Crippen molar-refractivity contribution in [3.63, 3.8) is 0 Å². The van der Waals surface area contributed by atoms with Crippen LogP contribution in [0.25, 0.3) is 11.1 Å². The Labute approximate surface area is 183 Å². The van der Waals surface area contributed by atoms with E-state index in [4.69, 9.17) is 9.47 Å². The molecular weight excluding hydrogens is 388 g/mol. The van der Waals surface area contributed by atoms with E-state index in [0.29, 0.717) is 39.0 Å². The van der Waals surface area contributed by atoms with E-state index in [-0.39, 0.29) is 5.91 Å². The highest BCUT2D eigenvalue weighted by atomic mass is 16.5. The number of aromatic nitrogens is 1. The number of methoxy groups -OCH3 is 1. The summed E-state index contributed by atoms with van der Waals surface area (Å²) in [6.45, 7) is 1.67. The van der Waals surface area contributed by atoms with Gasteiger partial charge in [0.25, 0.3) is 0 Å². The Balaban J connectivity index is 1.56. The molecule has 1 saturated heterocycles. The second kappa shape index (κ2) is 9.75. The summed E-state index contributed by atoms with van der Waals surface area (Å²) in [5, 5.41) is 3.18. The first-order valence-electron chi connectivity index (χ1n) is 10.7. The SMILES string of the molecule is COc1cccc(CNC(=O)C2(Cc3ccccc3-c3cccnc3)CCOCC2)c1. The van der Waals surface area contributed by atoms with Crippen molar-refractivity contribution in [2.45, 2.75) is 25.8 Å². The van der Waals surface area contributed by atoms with Crippen molar-refractivity contribution in [1.29, 1.82) is 0 Å². The molecule has 0 unspecified atom stereocenters. The molecule has 0 aliphatic carbocycles. The number of rotatable bonds is 7. The number of ether oxygens (including phenoxy) is 2. The van der Waals surface area contributed by atoms with Crippen molar-refractivity contribution in [3.8, 4) is 16.9 Å². The molecule has 0 spiro atoms. The van der Waals surface area contributed by atoms with Crippen LogP contribution in [0.4, 0.5) is 0 Å². The van der Waals surface area contributed by atoms with E-state index in [0.717, 1.165) is 28.0 Å². The number of pyridine rings is 1. The molecule has 31 heavy (non-hydrogen) atoms. The van der Waals surface area contributed by atoms with Crippen LogP contribution in [0.2, 0.25) is 0 Å². The van der Waals surface area contributed by atoms with E-state index in [1.165, 1.54) is 0 Å². The van der Waals surface area contributed by atoms with Gasteiger partial charge in [-0.05, 0) is 54.2 Å². The molecule has 1 aliphatic rings. The number of nitrogens with zero attached hydrogens (tertiary/aromatic N) is 1. The second-order valence-corrected chi connectivity index (χ2v) is 8.00. The average molecular weight is 417 g/mol. The van der Waals surface area contributed by atoms with E-state index < -0.39 is 5.41 Å². The molecule has 160 valence electrons. The molecule has 2 heterocycles. The number of nitrogens with one attached hydrogen (secondary N) is 1. The zero-order valence-electron chi connectivity index (χ0n) is 17.8. The van der Waals surface area contributed by atoms with Gasteiger partial charge in [0.1, 0.15) is 5.75 Å². The lowest BCUT2D eigenvalue weighted by atomic mass is 9.73. The summed E-state index contributed by atoms with van der Waals surface area (Å²) in [6.07, 6.45) is 5.73. The smallest absolute Gasteiger partial charge is 0.226 e. The lowest BCUT2D eigenvalue weighted by molar-refractivity contribution is -0.136. The quantitative estimate of drug-likeness (QED) is 0.620. The lowest BCUT2D eigenvalue weighted by Gasteiger charge is -2.36. The molecular formula is C26H28N2O3. The Kier molecular flexibility index (Phi) is 6.63. The van der Waals surface area contributed by atoms with Gasteiger partial charge in [0.15, 0.2) is 0 Å². The van der Waals surface area contributed by atoms with Crippen LogP contribution in [0.1, 0.15) is 24.0 Å². The van der Waals surface area contributed by atoms with E-state index in [9.17, 15) is 4.79 Å². The predicted octanol–water partition coefficient (Wildman–Crippen LogP) is 4.41. The van der Waals surface area contributed by atoms with Crippen LogP contribution in [0.5, 0.6) is 5.75 Å². The van der Waals surface area contributed by atoms with Gasteiger partial charge in [0, 0.05) is 37.7 Å². The van der Waals surface area contributed by atoms with E-state index >= 15 is 0 Å². The molecule has 4 rings (SSSR count). The van der Waals surface area contributed by atoms with Gasteiger partial charge < -0.3 is 14.8 Å². The summed E-state index contributed by atoms with van der Waals surface area (Å²) in [6, 6.07) is 20.1. The minimum atomic E-state index is -0.491. The first kappa shape index (κ1) is 21.1. The third-order valence-electron chi connectivity index (χ3n) is 6.04. The number of amides is 1. The summed E-state index contributed by atoms with van der Waals surface area (Å²) in [7, 11) is 1.65. The topological polar surface area (TPSA) is 60.5 Å². The van der Waals surface area contributed by atoms with Crippen molar-refractivity contribution in [2.75, 3.05) is 20.3 Å². The summed E-state index contributed by atoms with van der Waals surface area (Å²) < 4.78 is 10.9. The Morgan fingerprint density at radius 2 is 1.94 bits per heavy atom. The van der Waals surface area contributed by atoms with Gasteiger partial charge in [-0.1, -0.05) is 42.5 Å². The van der Waals surface area contributed by atoms with Crippen molar-refractivity contribution in [3.05, 3.63) is 84.2 Å². The van der Waals surface area contributed by atoms with Crippen LogP contribution >= 0.6 is 0 Å². The molecule has 1 N–H and O–H groups in total. The van der Waals surface area contributed by atoms with Crippen molar-refractivity contribution in [2.24, 2.45) is 5.41 Å². The highest BCUT2D eigenvalue weighted by molar-refractivity contribution is 5.83. The molecule has 5 nitrogen and oxygen atoms in total. The second-order valence-electron chi connectivity index (χ2n) is 8.00. The van der Waals surface area contributed by atoms with Crippen LogP contribution in [0.3, 0.4) is 0 Å². The molecule has 2 aromatic carbocycles. The number of benzene rings is 2. The van der Waals surface area contributed by atoms with Gasteiger partial charge in [0.2, 0.25) is 5.91 Å². The van der Waals surface area contributed by atoms with E-state index in [2.05, 4.69) is 28.5 Å². The standard InChI is InChI=1S/C26H28N2O3/c1-30-23-9-4-6-20(16-23)18-28-25(29)26(11-14-31-15-12-26)17-21-7-2-3-10-24(21)22-8-5-13-27-19-22/h2-10,13,16,19H,11-12,14-15,17-18H2,1H3,(H,28,29). The fourth-order valence-corrected chi connectivity index (χ4v) is 4.24. The van der Waals surface area contributed by atoms with Crippen LogP contribution < -0.4 is 10.1 Å². The van der Waals surface area contributed by atoms with Crippen LogP contribution in [0.15, 0.2) is 73.1 Å². The predicted molar refractivity (Wildman–Crippen MR) is 121 cm³/mol. The molecule has 1 fully saturated rings. The molecule has 0 atom stereocenters. The fraction of sp³-hybridized carbons (Fsp3) is 0.308. The summed E-state index contributed by atoms with van der Waals surface area (Å²) >= 11 is 0. The monoisotopic (exact) mass is 416 g/mol. The van der Waals surface area contributed by atoms with Crippen LogP contribution in [-0.2, 0) is 22.5 Å². The van der Waals surface area contributed by atoms with Gasteiger partial charge in [-0.3, -0.25) is 9.78 Å². The Morgan fingerprint density at radius 3 is 2.71 bits per heavy atom.